The summed E-state index contributed by atoms with van der Waals surface area (Å²) in [4.78, 5) is 10.3. The summed E-state index contributed by atoms with van der Waals surface area (Å²) < 4.78 is 0. The van der Waals surface area contributed by atoms with E-state index in [9.17, 15) is 4.79 Å². The van der Waals surface area contributed by atoms with Gasteiger partial charge in [0.25, 0.3) is 0 Å². The quantitative estimate of drug-likeness (QED) is 0.381. The predicted octanol–water partition coefficient (Wildman–Crippen LogP) is 5.44. The van der Waals surface area contributed by atoms with Gasteiger partial charge in [-0.25, -0.2) is 0 Å². The fraction of sp³-hybridized carbons (Fsp3) is 0.500. The lowest BCUT2D eigenvalue weighted by atomic mass is 10.1. The topological polar surface area (TPSA) is 37.3 Å². The molecule has 0 unspecified atom stereocenters. The standard InChI is InChI=1S/C18H28O2/c1-2-3-4-5-6-7-8-9-10-11-12-13-14-15-16-17-18(19)20/h3-10H,2,11-17H2,1H3,(H,19,20)/b4-3?,6-5?,8-7?,10-9-. The first-order valence-electron chi connectivity index (χ1n) is 7.64. The van der Waals surface area contributed by atoms with Gasteiger partial charge >= 0.3 is 5.97 Å². The minimum atomic E-state index is -0.682. The molecule has 2 heteroatoms. The molecular formula is C18H28O2. The summed E-state index contributed by atoms with van der Waals surface area (Å²) in [5.74, 6) is -0.682. The molecule has 0 radical (unpaired) electrons. The smallest absolute Gasteiger partial charge is 0.303 e. The zero-order valence-corrected chi connectivity index (χ0v) is 12.6. The fourth-order valence-corrected chi connectivity index (χ4v) is 1.71. The number of aliphatic carboxylic acids is 1. The van der Waals surface area contributed by atoms with Gasteiger partial charge in [-0.1, -0.05) is 74.8 Å². The van der Waals surface area contributed by atoms with Gasteiger partial charge in [0.1, 0.15) is 0 Å². The van der Waals surface area contributed by atoms with Crippen LogP contribution in [0, 0.1) is 0 Å². The minimum absolute atomic E-state index is 0.311. The number of unbranched alkanes of at least 4 members (excludes halogenated alkanes) is 5. The SMILES string of the molecule is CCC=CC=CC=C/C=C\CCCCCCCC(=O)O. The van der Waals surface area contributed by atoms with E-state index in [0.29, 0.717) is 6.42 Å². The van der Waals surface area contributed by atoms with Gasteiger partial charge in [-0.05, 0) is 25.7 Å². The van der Waals surface area contributed by atoms with Gasteiger partial charge in [-0.3, -0.25) is 4.79 Å². The molecule has 0 saturated heterocycles. The number of carbonyl (C=O) groups is 1. The molecule has 0 aliphatic carbocycles. The molecule has 0 rings (SSSR count). The maximum atomic E-state index is 10.3. The number of allylic oxidation sites excluding steroid dienone is 8. The lowest BCUT2D eigenvalue weighted by molar-refractivity contribution is -0.137. The Hall–Kier alpha value is -1.57. The van der Waals surface area contributed by atoms with E-state index in [1.807, 2.05) is 24.3 Å². The Kier molecular flexibility index (Phi) is 14.3. The molecule has 0 fully saturated rings. The van der Waals surface area contributed by atoms with Crippen molar-refractivity contribution in [1.82, 2.24) is 0 Å². The molecular weight excluding hydrogens is 248 g/mol. The number of hydrogen-bond acceptors (Lipinski definition) is 1. The molecule has 0 aliphatic heterocycles. The molecule has 2 nitrogen and oxygen atoms in total. The number of carboxylic acid groups (broad SMARTS) is 1. The third-order valence-electron chi connectivity index (χ3n) is 2.82. The molecule has 0 bridgehead atoms. The number of carboxylic acids is 1. The van der Waals surface area contributed by atoms with Crippen molar-refractivity contribution in [2.75, 3.05) is 0 Å². The molecule has 20 heavy (non-hydrogen) atoms. The van der Waals surface area contributed by atoms with Crippen LogP contribution in [0.25, 0.3) is 0 Å². The van der Waals surface area contributed by atoms with Gasteiger partial charge in [-0.15, -0.1) is 0 Å². The predicted molar refractivity (Wildman–Crippen MR) is 86.8 cm³/mol. The lowest BCUT2D eigenvalue weighted by Gasteiger charge is -1.97. The molecule has 0 saturated carbocycles. The highest BCUT2D eigenvalue weighted by Gasteiger charge is 1.95. The monoisotopic (exact) mass is 276 g/mol. The third kappa shape index (κ3) is 16.4. The van der Waals surface area contributed by atoms with E-state index in [1.165, 1.54) is 12.8 Å². The summed E-state index contributed by atoms with van der Waals surface area (Å²) in [6, 6.07) is 0. The first kappa shape index (κ1) is 18.4. The molecule has 0 spiro atoms. The van der Waals surface area contributed by atoms with E-state index in [-0.39, 0.29) is 0 Å². The zero-order chi connectivity index (χ0) is 14.9. The second-order valence-electron chi connectivity index (χ2n) is 4.73. The van der Waals surface area contributed by atoms with Crippen LogP contribution < -0.4 is 0 Å². The van der Waals surface area contributed by atoms with Crippen LogP contribution in [-0.4, -0.2) is 11.1 Å². The molecule has 0 atom stereocenters. The van der Waals surface area contributed by atoms with Crippen molar-refractivity contribution in [3.63, 3.8) is 0 Å². The molecule has 0 heterocycles. The second kappa shape index (κ2) is 15.5. The summed E-state index contributed by atoms with van der Waals surface area (Å²) in [6.07, 6.45) is 24.4. The van der Waals surface area contributed by atoms with E-state index >= 15 is 0 Å². The average Bonchev–Trinajstić information content (AvgIpc) is 2.43. The molecule has 0 aromatic rings. The zero-order valence-electron chi connectivity index (χ0n) is 12.6. The van der Waals surface area contributed by atoms with Crippen LogP contribution >= 0.6 is 0 Å². The second-order valence-corrected chi connectivity index (χ2v) is 4.73. The minimum Gasteiger partial charge on any atom is -0.481 e. The van der Waals surface area contributed by atoms with Crippen LogP contribution in [0.2, 0.25) is 0 Å². The van der Waals surface area contributed by atoms with Crippen LogP contribution in [0.4, 0.5) is 0 Å². The Morgan fingerprint density at radius 1 is 0.800 bits per heavy atom. The van der Waals surface area contributed by atoms with Crippen LogP contribution in [-0.2, 0) is 4.79 Å². The lowest BCUT2D eigenvalue weighted by Crippen LogP contribution is -1.93. The summed E-state index contributed by atoms with van der Waals surface area (Å²) in [7, 11) is 0. The van der Waals surface area contributed by atoms with Crippen molar-refractivity contribution in [2.24, 2.45) is 0 Å². The summed E-state index contributed by atoms with van der Waals surface area (Å²) in [5.41, 5.74) is 0. The molecule has 0 aromatic carbocycles. The van der Waals surface area contributed by atoms with Crippen molar-refractivity contribution < 1.29 is 9.90 Å². The van der Waals surface area contributed by atoms with Crippen LogP contribution in [0.5, 0.6) is 0 Å². The molecule has 0 amide bonds. The molecule has 0 aromatic heterocycles. The summed E-state index contributed by atoms with van der Waals surface area (Å²) in [6.45, 7) is 2.12. The molecule has 112 valence electrons. The maximum Gasteiger partial charge on any atom is 0.303 e. The normalized spacial score (nSPS) is 12.4. The highest BCUT2D eigenvalue weighted by molar-refractivity contribution is 5.66. The Morgan fingerprint density at radius 3 is 2.00 bits per heavy atom. The van der Waals surface area contributed by atoms with Crippen molar-refractivity contribution in [3.05, 3.63) is 48.6 Å². The first-order valence-corrected chi connectivity index (χ1v) is 7.64. The Morgan fingerprint density at radius 2 is 1.35 bits per heavy atom. The number of hydrogen-bond donors (Lipinski definition) is 1. The van der Waals surface area contributed by atoms with E-state index in [1.54, 1.807) is 0 Å². The summed E-state index contributed by atoms with van der Waals surface area (Å²) >= 11 is 0. The Bertz CT molecular complexity index is 335. The maximum absolute atomic E-state index is 10.3. The third-order valence-corrected chi connectivity index (χ3v) is 2.82. The van der Waals surface area contributed by atoms with Gasteiger partial charge in [0.05, 0.1) is 0 Å². The van der Waals surface area contributed by atoms with Gasteiger partial charge in [0, 0.05) is 6.42 Å². The van der Waals surface area contributed by atoms with Crippen LogP contribution in [0.15, 0.2) is 48.6 Å². The van der Waals surface area contributed by atoms with Crippen molar-refractivity contribution >= 4 is 5.97 Å². The van der Waals surface area contributed by atoms with Crippen molar-refractivity contribution in [2.45, 2.75) is 58.3 Å². The average molecular weight is 276 g/mol. The highest BCUT2D eigenvalue weighted by atomic mass is 16.4. The van der Waals surface area contributed by atoms with E-state index in [0.717, 1.165) is 32.1 Å². The van der Waals surface area contributed by atoms with E-state index < -0.39 is 5.97 Å². The van der Waals surface area contributed by atoms with Crippen LogP contribution in [0.1, 0.15) is 58.3 Å². The Labute approximate surface area is 123 Å². The fourth-order valence-electron chi connectivity index (χ4n) is 1.71. The van der Waals surface area contributed by atoms with Gasteiger partial charge in [0.2, 0.25) is 0 Å². The van der Waals surface area contributed by atoms with Gasteiger partial charge in [-0.2, -0.15) is 0 Å². The largest absolute Gasteiger partial charge is 0.481 e. The van der Waals surface area contributed by atoms with Gasteiger partial charge in [0.15, 0.2) is 0 Å². The van der Waals surface area contributed by atoms with Gasteiger partial charge < -0.3 is 5.11 Å². The highest BCUT2D eigenvalue weighted by Crippen LogP contribution is 2.07. The Balaban J connectivity index is 3.35. The molecule has 1 N–H and O–H groups in total. The number of rotatable bonds is 12. The van der Waals surface area contributed by atoms with E-state index in [2.05, 4.69) is 31.2 Å². The first-order chi connectivity index (χ1) is 9.77. The van der Waals surface area contributed by atoms with Crippen molar-refractivity contribution in [3.8, 4) is 0 Å². The van der Waals surface area contributed by atoms with E-state index in [4.69, 9.17) is 5.11 Å². The van der Waals surface area contributed by atoms with Crippen molar-refractivity contribution in [1.29, 1.82) is 0 Å². The summed E-state index contributed by atoms with van der Waals surface area (Å²) in [5, 5.41) is 8.49. The van der Waals surface area contributed by atoms with Crippen LogP contribution in [0.3, 0.4) is 0 Å². The molecule has 0 aliphatic rings.